The van der Waals surface area contributed by atoms with Crippen LogP contribution < -0.4 is 14.8 Å². The van der Waals surface area contributed by atoms with E-state index in [1.165, 1.54) is 26.4 Å². The number of carboxylic acid groups (broad SMARTS) is 1. The summed E-state index contributed by atoms with van der Waals surface area (Å²) in [6.45, 7) is 3.80. The molecular formula is C15H21NO5. The fraction of sp³-hybridized carbons (Fsp3) is 0.467. The van der Waals surface area contributed by atoms with Crippen LogP contribution in [-0.2, 0) is 4.79 Å². The van der Waals surface area contributed by atoms with E-state index < -0.39 is 17.9 Å². The van der Waals surface area contributed by atoms with Gasteiger partial charge in [0.1, 0.15) is 17.5 Å². The first-order valence-corrected chi connectivity index (χ1v) is 6.64. The van der Waals surface area contributed by atoms with Crippen molar-refractivity contribution in [3.63, 3.8) is 0 Å². The maximum absolute atomic E-state index is 12.2. The number of benzene rings is 1. The summed E-state index contributed by atoms with van der Waals surface area (Å²) in [7, 11) is 2.96. The molecule has 0 heterocycles. The van der Waals surface area contributed by atoms with Crippen molar-refractivity contribution in [1.82, 2.24) is 5.32 Å². The van der Waals surface area contributed by atoms with Crippen molar-refractivity contribution in [2.45, 2.75) is 26.3 Å². The number of hydrogen-bond acceptors (Lipinski definition) is 4. The van der Waals surface area contributed by atoms with Gasteiger partial charge in [0, 0.05) is 11.6 Å². The van der Waals surface area contributed by atoms with Gasteiger partial charge in [-0.15, -0.1) is 0 Å². The molecule has 0 spiro atoms. The van der Waals surface area contributed by atoms with Crippen LogP contribution in [0.15, 0.2) is 18.2 Å². The number of nitrogens with one attached hydrogen (secondary N) is 1. The number of hydrogen-bond donors (Lipinski definition) is 2. The van der Waals surface area contributed by atoms with Crippen LogP contribution in [0.25, 0.3) is 0 Å². The van der Waals surface area contributed by atoms with Gasteiger partial charge in [-0.3, -0.25) is 4.79 Å². The fourth-order valence-electron chi connectivity index (χ4n) is 1.87. The first-order valence-electron chi connectivity index (χ1n) is 6.64. The van der Waals surface area contributed by atoms with Crippen molar-refractivity contribution >= 4 is 11.9 Å². The Morgan fingerprint density at radius 2 is 1.67 bits per heavy atom. The summed E-state index contributed by atoms with van der Waals surface area (Å²) in [5.74, 6) is -0.427. The third kappa shape index (κ3) is 4.98. The van der Waals surface area contributed by atoms with Crippen molar-refractivity contribution in [2.24, 2.45) is 5.92 Å². The van der Waals surface area contributed by atoms with Gasteiger partial charge in [0.2, 0.25) is 0 Å². The van der Waals surface area contributed by atoms with E-state index in [0.717, 1.165) is 0 Å². The molecule has 116 valence electrons. The number of rotatable bonds is 7. The van der Waals surface area contributed by atoms with E-state index in [-0.39, 0.29) is 5.92 Å². The summed E-state index contributed by atoms with van der Waals surface area (Å²) in [5.41, 5.74) is 0.293. The van der Waals surface area contributed by atoms with Gasteiger partial charge in [-0.05, 0) is 24.5 Å². The Labute approximate surface area is 124 Å². The van der Waals surface area contributed by atoms with E-state index in [4.69, 9.17) is 14.6 Å². The largest absolute Gasteiger partial charge is 0.497 e. The van der Waals surface area contributed by atoms with E-state index in [1.54, 1.807) is 6.07 Å². The first kappa shape index (κ1) is 16.8. The van der Waals surface area contributed by atoms with Crippen molar-refractivity contribution in [1.29, 1.82) is 0 Å². The van der Waals surface area contributed by atoms with Crippen LogP contribution in [0, 0.1) is 5.92 Å². The van der Waals surface area contributed by atoms with Crippen LogP contribution >= 0.6 is 0 Å². The van der Waals surface area contributed by atoms with Crippen LogP contribution in [-0.4, -0.2) is 37.2 Å². The Kier molecular flexibility index (Phi) is 6.02. The van der Waals surface area contributed by atoms with E-state index in [9.17, 15) is 9.59 Å². The molecule has 0 aliphatic carbocycles. The summed E-state index contributed by atoms with van der Waals surface area (Å²) in [5, 5.41) is 11.7. The van der Waals surface area contributed by atoms with Crippen LogP contribution in [0.5, 0.6) is 11.5 Å². The van der Waals surface area contributed by atoms with Crippen LogP contribution in [0.4, 0.5) is 0 Å². The Morgan fingerprint density at radius 1 is 1.14 bits per heavy atom. The van der Waals surface area contributed by atoms with Gasteiger partial charge in [0.05, 0.1) is 14.2 Å². The van der Waals surface area contributed by atoms with Crippen molar-refractivity contribution in [2.75, 3.05) is 14.2 Å². The molecule has 0 unspecified atom stereocenters. The summed E-state index contributed by atoms with van der Waals surface area (Å²) in [4.78, 5) is 23.4. The molecule has 1 aromatic carbocycles. The maximum Gasteiger partial charge on any atom is 0.326 e. The lowest BCUT2D eigenvalue weighted by atomic mass is 10.0. The van der Waals surface area contributed by atoms with Gasteiger partial charge in [0.15, 0.2) is 0 Å². The Hall–Kier alpha value is -2.24. The molecule has 2 N–H and O–H groups in total. The second kappa shape index (κ2) is 7.52. The van der Waals surface area contributed by atoms with Crippen molar-refractivity contribution in [3.8, 4) is 11.5 Å². The molecular weight excluding hydrogens is 274 g/mol. The standard InChI is InChI=1S/C15H21NO5/c1-9(2)5-13(15(18)19)16-14(17)10-6-11(20-3)8-12(7-10)21-4/h6-9,13H,5H2,1-4H3,(H,16,17)(H,18,19)/t13-/m0/s1. The smallest absolute Gasteiger partial charge is 0.326 e. The average molecular weight is 295 g/mol. The Bertz CT molecular complexity index is 491. The number of ether oxygens (including phenoxy) is 2. The second-order valence-corrected chi connectivity index (χ2v) is 5.10. The lowest BCUT2D eigenvalue weighted by Gasteiger charge is -2.17. The number of carbonyl (C=O) groups excluding carboxylic acids is 1. The molecule has 1 rings (SSSR count). The zero-order chi connectivity index (χ0) is 16.0. The highest BCUT2D eigenvalue weighted by Crippen LogP contribution is 2.22. The molecule has 1 atom stereocenters. The zero-order valence-electron chi connectivity index (χ0n) is 12.7. The maximum atomic E-state index is 12.2. The zero-order valence-corrected chi connectivity index (χ0v) is 12.7. The van der Waals surface area contributed by atoms with Crippen LogP contribution in [0.2, 0.25) is 0 Å². The lowest BCUT2D eigenvalue weighted by molar-refractivity contribution is -0.139. The highest BCUT2D eigenvalue weighted by molar-refractivity contribution is 5.97. The average Bonchev–Trinajstić information content (AvgIpc) is 2.45. The van der Waals surface area contributed by atoms with Gasteiger partial charge in [-0.25, -0.2) is 4.79 Å². The number of carbonyl (C=O) groups is 2. The lowest BCUT2D eigenvalue weighted by Crippen LogP contribution is -2.41. The Morgan fingerprint density at radius 3 is 2.05 bits per heavy atom. The van der Waals surface area contributed by atoms with Gasteiger partial charge >= 0.3 is 5.97 Å². The molecule has 6 heteroatoms. The summed E-state index contributed by atoms with van der Waals surface area (Å²) < 4.78 is 10.2. The number of methoxy groups -OCH3 is 2. The molecule has 0 bridgehead atoms. The monoisotopic (exact) mass is 295 g/mol. The molecule has 0 aliphatic heterocycles. The normalized spacial score (nSPS) is 11.9. The van der Waals surface area contributed by atoms with Gasteiger partial charge in [0.25, 0.3) is 5.91 Å². The quantitative estimate of drug-likeness (QED) is 0.803. The molecule has 0 fully saturated rings. The molecule has 6 nitrogen and oxygen atoms in total. The van der Waals surface area contributed by atoms with Crippen molar-refractivity contribution in [3.05, 3.63) is 23.8 Å². The highest BCUT2D eigenvalue weighted by atomic mass is 16.5. The summed E-state index contributed by atoms with van der Waals surface area (Å²) in [6, 6.07) is 3.78. The number of aliphatic carboxylic acids is 1. The van der Waals surface area contributed by atoms with Gasteiger partial charge in [-0.1, -0.05) is 13.8 Å². The predicted octanol–water partition coefficient (Wildman–Crippen LogP) is 1.93. The predicted molar refractivity (Wildman–Crippen MR) is 77.9 cm³/mol. The topological polar surface area (TPSA) is 84.9 Å². The van der Waals surface area contributed by atoms with Crippen molar-refractivity contribution < 1.29 is 24.2 Å². The van der Waals surface area contributed by atoms with E-state index >= 15 is 0 Å². The molecule has 1 aromatic rings. The molecule has 0 saturated carbocycles. The number of amides is 1. The fourth-order valence-corrected chi connectivity index (χ4v) is 1.87. The molecule has 0 aromatic heterocycles. The van der Waals surface area contributed by atoms with E-state index in [2.05, 4.69) is 5.32 Å². The third-order valence-electron chi connectivity index (χ3n) is 2.92. The highest BCUT2D eigenvalue weighted by Gasteiger charge is 2.22. The minimum atomic E-state index is -1.05. The molecule has 0 aliphatic rings. The second-order valence-electron chi connectivity index (χ2n) is 5.10. The molecule has 1 amide bonds. The first-order chi connectivity index (χ1) is 9.87. The van der Waals surface area contributed by atoms with Crippen LogP contribution in [0.1, 0.15) is 30.6 Å². The molecule has 0 saturated heterocycles. The van der Waals surface area contributed by atoms with Gasteiger partial charge < -0.3 is 19.9 Å². The van der Waals surface area contributed by atoms with E-state index in [1.807, 2.05) is 13.8 Å². The number of carboxylic acids is 1. The van der Waals surface area contributed by atoms with E-state index in [0.29, 0.717) is 23.5 Å². The SMILES string of the molecule is COc1cc(OC)cc(C(=O)N[C@@H](CC(C)C)C(=O)O)c1. The van der Waals surface area contributed by atoms with Gasteiger partial charge in [-0.2, -0.15) is 0 Å². The minimum Gasteiger partial charge on any atom is -0.497 e. The van der Waals surface area contributed by atoms with Crippen LogP contribution in [0.3, 0.4) is 0 Å². The molecule has 21 heavy (non-hydrogen) atoms. The Balaban J connectivity index is 2.94. The summed E-state index contributed by atoms with van der Waals surface area (Å²) >= 11 is 0. The third-order valence-corrected chi connectivity index (χ3v) is 2.92. The minimum absolute atomic E-state index is 0.159. The molecule has 0 radical (unpaired) electrons. The summed E-state index contributed by atoms with van der Waals surface area (Å²) in [6.07, 6.45) is 0.363.